The van der Waals surface area contributed by atoms with Crippen molar-refractivity contribution in [2.45, 2.75) is 44.6 Å². The number of carbonyl (C=O) groups is 2. The highest BCUT2D eigenvalue weighted by Gasteiger charge is 2.52. The van der Waals surface area contributed by atoms with Gasteiger partial charge in [-0.05, 0) is 50.3 Å². The molecule has 2 aliphatic rings. The number of nitrogens with zero attached hydrogens (tertiary/aromatic N) is 2. The molecule has 136 valence electrons. The molecule has 0 saturated carbocycles. The minimum Gasteiger partial charge on any atom is -0.494 e. The Bertz CT molecular complexity index is 677. The van der Waals surface area contributed by atoms with Gasteiger partial charge in [0.1, 0.15) is 5.54 Å². The zero-order chi connectivity index (χ0) is 18.0. The molecule has 2 fully saturated rings. The fraction of sp³-hybridized carbons (Fsp3) is 0.579. The van der Waals surface area contributed by atoms with Crippen molar-refractivity contribution in [3.8, 4) is 5.75 Å². The van der Waals surface area contributed by atoms with Crippen LogP contribution in [-0.2, 0) is 4.79 Å². The van der Waals surface area contributed by atoms with Gasteiger partial charge < -0.3 is 14.5 Å². The normalized spacial score (nSPS) is 23.4. The number of piperidine rings is 1. The molecule has 5 nitrogen and oxygen atoms in total. The van der Waals surface area contributed by atoms with Crippen LogP contribution in [-0.4, -0.2) is 53.9 Å². The lowest BCUT2D eigenvalue weighted by Crippen LogP contribution is -2.61. The Balaban J connectivity index is 1.90. The summed E-state index contributed by atoms with van der Waals surface area (Å²) in [6.45, 7) is 4.11. The first kappa shape index (κ1) is 17.7. The fourth-order valence-electron chi connectivity index (χ4n) is 4.15. The molecule has 1 spiro atoms. The van der Waals surface area contributed by atoms with Crippen LogP contribution >= 0.6 is 0 Å². The topological polar surface area (TPSA) is 49.9 Å². The molecule has 25 heavy (non-hydrogen) atoms. The van der Waals surface area contributed by atoms with Crippen LogP contribution in [0, 0.1) is 5.82 Å². The van der Waals surface area contributed by atoms with Gasteiger partial charge in [-0.3, -0.25) is 9.59 Å². The maximum Gasteiger partial charge on any atom is 0.254 e. The molecule has 6 heteroatoms. The SMILES string of the molecule is CCCN1CCCC2(CCCN2C(=O)c2ccc(F)c(OC)c2)C1=O. The maximum atomic E-state index is 13.6. The van der Waals surface area contributed by atoms with E-state index in [9.17, 15) is 14.0 Å². The quantitative estimate of drug-likeness (QED) is 0.841. The van der Waals surface area contributed by atoms with Crippen LogP contribution in [0.3, 0.4) is 0 Å². The summed E-state index contributed by atoms with van der Waals surface area (Å²) in [4.78, 5) is 29.8. The van der Waals surface area contributed by atoms with Gasteiger partial charge >= 0.3 is 0 Å². The van der Waals surface area contributed by atoms with Crippen LogP contribution in [0.1, 0.15) is 49.4 Å². The van der Waals surface area contributed by atoms with E-state index in [1.807, 2.05) is 4.90 Å². The van der Waals surface area contributed by atoms with Gasteiger partial charge in [-0.25, -0.2) is 4.39 Å². The highest BCUT2D eigenvalue weighted by atomic mass is 19.1. The Morgan fingerprint density at radius 2 is 2.00 bits per heavy atom. The Labute approximate surface area is 147 Å². The van der Waals surface area contributed by atoms with Crippen molar-refractivity contribution in [3.63, 3.8) is 0 Å². The third-order valence-electron chi connectivity index (χ3n) is 5.33. The number of methoxy groups -OCH3 is 1. The van der Waals surface area contributed by atoms with Crippen molar-refractivity contribution in [1.82, 2.24) is 9.80 Å². The van der Waals surface area contributed by atoms with E-state index in [4.69, 9.17) is 4.74 Å². The molecule has 2 heterocycles. The number of hydrogen-bond acceptors (Lipinski definition) is 3. The molecule has 0 aromatic heterocycles. The molecule has 0 aliphatic carbocycles. The first-order valence-corrected chi connectivity index (χ1v) is 8.98. The number of ether oxygens (including phenoxy) is 1. The number of likely N-dealkylation sites (tertiary alicyclic amines) is 2. The Hall–Kier alpha value is -2.11. The third-order valence-corrected chi connectivity index (χ3v) is 5.33. The van der Waals surface area contributed by atoms with E-state index in [0.717, 1.165) is 32.4 Å². The van der Waals surface area contributed by atoms with Crippen molar-refractivity contribution >= 4 is 11.8 Å². The molecule has 1 unspecified atom stereocenters. The summed E-state index contributed by atoms with van der Waals surface area (Å²) in [7, 11) is 1.37. The summed E-state index contributed by atoms with van der Waals surface area (Å²) >= 11 is 0. The zero-order valence-electron chi connectivity index (χ0n) is 14.9. The van der Waals surface area contributed by atoms with Crippen LogP contribution in [0.2, 0.25) is 0 Å². The molecule has 2 saturated heterocycles. The standard InChI is InChI=1S/C19H25FN2O3/c1-3-10-21-11-4-8-19(18(21)24)9-5-12-22(19)17(23)14-6-7-15(20)16(13-14)25-2/h6-7,13H,3-5,8-12H2,1-2H3. The molecule has 0 radical (unpaired) electrons. The molecular formula is C19H25FN2O3. The van der Waals surface area contributed by atoms with E-state index in [1.165, 1.54) is 25.3 Å². The van der Waals surface area contributed by atoms with E-state index in [-0.39, 0.29) is 17.6 Å². The summed E-state index contributed by atoms with van der Waals surface area (Å²) in [5.74, 6) is -0.609. The first-order valence-electron chi connectivity index (χ1n) is 8.98. The van der Waals surface area contributed by atoms with Gasteiger partial charge in [-0.15, -0.1) is 0 Å². The van der Waals surface area contributed by atoms with Crippen LogP contribution in [0.25, 0.3) is 0 Å². The molecule has 0 N–H and O–H groups in total. The molecule has 1 aromatic rings. The number of benzene rings is 1. The average Bonchev–Trinajstić information content (AvgIpc) is 3.03. The molecule has 2 aliphatic heterocycles. The number of hydrogen-bond donors (Lipinski definition) is 0. The summed E-state index contributed by atoms with van der Waals surface area (Å²) in [6, 6.07) is 4.12. The third kappa shape index (κ3) is 2.98. The molecular weight excluding hydrogens is 323 g/mol. The second-order valence-corrected chi connectivity index (χ2v) is 6.84. The molecule has 1 atom stereocenters. The van der Waals surface area contributed by atoms with Crippen LogP contribution < -0.4 is 4.74 Å². The minimum atomic E-state index is -0.730. The number of carbonyl (C=O) groups excluding carboxylic acids is 2. The number of halogens is 1. The van der Waals surface area contributed by atoms with Crippen LogP contribution in [0.15, 0.2) is 18.2 Å². The summed E-state index contributed by atoms with van der Waals surface area (Å²) < 4.78 is 18.6. The monoisotopic (exact) mass is 348 g/mol. The minimum absolute atomic E-state index is 0.0432. The van der Waals surface area contributed by atoms with Gasteiger partial charge in [0.15, 0.2) is 11.6 Å². The lowest BCUT2D eigenvalue weighted by molar-refractivity contribution is -0.145. The second kappa shape index (κ2) is 7.02. The van der Waals surface area contributed by atoms with Crippen molar-refractivity contribution in [1.29, 1.82) is 0 Å². The van der Waals surface area contributed by atoms with E-state index >= 15 is 0 Å². The van der Waals surface area contributed by atoms with Gasteiger partial charge in [0.05, 0.1) is 7.11 Å². The highest BCUT2D eigenvalue weighted by Crippen LogP contribution is 2.39. The van der Waals surface area contributed by atoms with E-state index in [1.54, 1.807) is 4.90 Å². The van der Waals surface area contributed by atoms with Gasteiger partial charge in [-0.1, -0.05) is 6.92 Å². The molecule has 3 rings (SSSR count). The fourth-order valence-corrected chi connectivity index (χ4v) is 4.15. The van der Waals surface area contributed by atoms with Crippen molar-refractivity contribution in [2.75, 3.05) is 26.7 Å². The average molecular weight is 348 g/mol. The predicted molar refractivity (Wildman–Crippen MR) is 92.1 cm³/mol. The second-order valence-electron chi connectivity index (χ2n) is 6.84. The van der Waals surface area contributed by atoms with Crippen molar-refractivity contribution in [3.05, 3.63) is 29.6 Å². The predicted octanol–water partition coefficient (Wildman–Crippen LogP) is 2.84. The van der Waals surface area contributed by atoms with Gasteiger partial charge in [0.25, 0.3) is 5.91 Å². The van der Waals surface area contributed by atoms with Crippen molar-refractivity contribution in [2.24, 2.45) is 0 Å². The van der Waals surface area contributed by atoms with Gasteiger partial charge in [0.2, 0.25) is 5.91 Å². The number of rotatable bonds is 4. The van der Waals surface area contributed by atoms with E-state index < -0.39 is 11.4 Å². The zero-order valence-corrected chi connectivity index (χ0v) is 14.9. The van der Waals surface area contributed by atoms with Crippen LogP contribution in [0.5, 0.6) is 5.75 Å². The van der Waals surface area contributed by atoms with Gasteiger partial charge in [0, 0.05) is 25.2 Å². The first-order chi connectivity index (χ1) is 12.0. The highest BCUT2D eigenvalue weighted by molar-refractivity contribution is 6.00. The Morgan fingerprint density at radius 3 is 2.68 bits per heavy atom. The lowest BCUT2D eigenvalue weighted by Gasteiger charge is -2.44. The molecule has 1 aromatic carbocycles. The summed E-state index contributed by atoms with van der Waals surface area (Å²) in [5.41, 5.74) is -0.369. The smallest absolute Gasteiger partial charge is 0.254 e. The van der Waals surface area contributed by atoms with E-state index in [2.05, 4.69) is 6.92 Å². The Kier molecular flexibility index (Phi) is 4.97. The lowest BCUT2D eigenvalue weighted by atomic mass is 9.85. The van der Waals surface area contributed by atoms with Crippen molar-refractivity contribution < 1.29 is 18.7 Å². The maximum absolute atomic E-state index is 13.6. The number of amides is 2. The largest absolute Gasteiger partial charge is 0.494 e. The molecule has 2 amide bonds. The Morgan fingerprint density at radius 1 is 1.28 bits per heavy atom. The van der Waals surface area contributed by atoms with Gasteiger partial charge in [-0.2, -0.15) is 0 Å². The summed E-state index contributed by atoms with van der Waals surface area (Å²) in [6.07, 6.45) is 4.04. The van der Waals surface area contributed by atoms with Crippen LogP contribution in [0.4, 0.5) is 4.39 Å². The van der Waals surface area contributed by atoms with E-state index in [0.29, 0.717) is 24.9 Å². The molecule has 0 bridgehead atoms. The summed E-state index contributed by atoms with van der Waals surface area (Å²) in [5, 5.41) is 0.